The van der Waals surface area contributed by atoms with Crippen molar-refractivity contribution >= 4 is 17.3 Å². The summed E-state index contributed by atoms with van der Waals surface area (Å²) in [7, 11) is 1.65. The fourth-order valence-corrected chi connectivity index (χ4v) is 3.44. The third kappa shape index (κ3) is 6.19. The van der Waals surface area contributed by atoms with E-state index in [1.54, 1.807) is 7.11 Å². The molecule has 4 nitrogen and oxygen atoms in total. The fourth-order valence-electron chi connectivity index (χ4n) is 3.25. The molecule has 0 unspecified atom stereocenters. The van der Waals surface area contributed by atoms with E-state index in [4.69, 9.17) is 25.8 Å². The molecule has 3 aromatic carbocycles. The number of hydrogen-bond donors (Lipinski definition) is 1. The number of nitrogens with one attached hydrogen (secondary N) is 1. The van der Waals surface area contributed by atoms with Gasteiger partial charge in [-0.2, -0.15) is 0 Å². The molecule has 3 rings (SSSR count). The van der Waals surface area contributed by atoms with Crippen molar-refractivity contribution in [2.45, 2.75) is 26.5 Å². The van der Waals surface area contributed by atoms with Crippen molar-refractivity contribution in [3.63, 3.8) is 0 Å². The highest BCUT2D eigenvalue weighted by molar-refractivity contribution is 6.31. The van der Waals surface area contributed by atoms with E-state index in [-0.39, 0.29) is 0 Å². The molecule has 5 heteroatoms. The maximum Gasteiger partial charge on any atom is 0.165 e. The molecule has 0 aromatic heterocycles. The molecule has 0 fully saturated rings. The van der Waals surface area contributed by atoms with Crippen molar-refractivity contribution in [2.24, 2.45) is 0 Å². The molecule has 31 heavy (non-hydrogen) atoms. The van der Waals surface area contributed by atoms with Gasteiger partial charge in [0.2, 0.25) is 0 Å². The van der Waals surface area contributed by atoms with Gasteiger partial charge >= 0.3 is 0 Å². The minimum Gasteiger partial charge on any atom is -0.494 e. The average molecular weight is 438 g/mol. The quantitative estimate of drug-likeness (QED) is 0.340. The van der Waals surface area contributed by atoms with E-state index in [0.29, 0.717) is 42.7 Å². The number of anilines is 1. The molecule has 0 aliphatic carbocycles. The van der Waals surface area contributed by atoms with Crippen LogP contribution in [0.2, 0.25) is 5.02 Å². The number of methoxy groups -OCH3 is 1. The van der Waals surface area contributed by atoms with Crippen molar-refractivity contribution in [3.8, 4) is 17.2 Å². The van der Waals surface area contributed by atoms with E-state index in [2.05, 4.69) is 18.0 Å². The van der Waals surface area contributed by atoms with Crippen LogP contribution in [-0.4, -0.2) is 13.7 Å². The Morgan fingerprint density at radius 1 is 1.00 bits per heavy atom. The van der Waals surface area contributed by atoms with Crippen molar-refractivity contribution in [3.05, 3.63) is 95.0 Å². The van der Waals surface area contributed by atoms with Gasteiger partial charge < -0.3 is 19.5 Å². The van der Waals surface area contributed by atoms with Crippen LogP contribution in [0.4, 0.5) is 5.69 Å². The lowest BCUT2D eigenvalue weighted by molar-refractivity contribution is 0.282. The Morgan fingerprint density at radius 3 is 2.45 bits per heavy atom. The van der Waals surface area contributed by atoms with E-state index in [0.717, 1.165) is 28.1 Å². The Morgan fingerprint density at radius 2 is 1.77 bits per heavy atom. The van der Waals surface area contributed by atoms with Crippen LogP contribution in [-0.2, 0) is 19.6 Å². The number of ether oxygens (including phenoxy) is 3. The van der Waals surface area contributed by atoms with Crippen molar-refractivity contribution in [1.82, 2.24) is 0 Å². The van der Waals surface area contributed by atoms with E-state index in [1.807, 2.05) is 67.6 Å². The van der Waals surface area contributed by atoms with Crippen LogP contribution in [0.1, 0.15) is 23.6 Å². The zero-order chi connectivity index (χ0) is 22.1. The molecule has 0 heterocycles. The van der Waals surface area contributed by atoms with Crippen LogP contribution in [0.15, 0.2) is 73.3 Å². The molecule has 0 atom stereocenters. The summed E-state index contributed by atoms with van der Waals surface area (Å²) in [5.41, 5.74) is 4.06. The number of rotatable bonds is 11. The number of halogens is 1. The molecule has 1 N–H and O–H groups in total. The SMILES string of the molecule is C=CCc1cc(CNc2ccc(OCC)cc2)cc(OC)c1OCc1ccccc1Cl. The lowest BCUT2D eigenvalue weighted by atomic mass is 10.1. The van der Waals surface area contributed by atoms with Gasteiger partial charge in [0.15, 0.2) is 11.5 Å². The van der Waals surface area contributed by atoms with Gasteiger partial charge in [0.1, 0.15) is 12.4 Å². The Bertz CT molecular complexity index is 1000. The predicted molar refractivity (Wildman–Crippen MR) is 128 cm³/mol. The Balaban J connectivity index is 1.76. The van der Waals surface area contributed by atoms with Crippen LogP contribution in [0, 0.1) is 0 Å². The number of benzene rings is 3. The lowest BCUT2D eigenvalue weighted by Gasteiger charge is -2.17. The highest BCUT2D eigenvalue weighted by Gasteiger charge is 2.14. The van der Waals surface area contributed by atoms with Gasteiger partial charge in [-0.15, -0.1) is 6.58 Å². The van der Waals surface area contributed by atoms with Gasteiger partial charge in [0.05, 0.1) is 13.7 Å². The summed E-state index contributed by atoms with van der Waals surface area (Å²) in [4.78, 5) is 0. The van der Waals surface area contributed by atoms with Crippen LogP contribution < -0.4 is 19.5 Å². The maximum atomic E-state index is 6.27. The van der Waals surface area contributed by atoms with Gasteiger partial charge in [-0.05, 0) is 61.4 Å². The second-order valence-electron chi connectivity index (χ2n) is 6.97. The molecular weight excluding hydrogens is 410 g/mol. The van der Waals surface area contributed by atoms with Crippen LogP contribution in [0.25, 0.3) is 0 Å². The molecule has 0 radical (unpaired) electrons. The Kier molecular flexibility index (Phi) is 8.25. The molecule has 162 valence electrons. The van der Waals surface area contributed by atoms with Gasteiger partial charge in [-0.25, -0.2) is 0 Å². The zero-order valence-corrected chi connectivity index (χ0v) is 18.7. The summed E-state index contributed by atoms with van der Waals surface area (Å²) in [5.74, 6) is 2.27. The van der Waals surface area contributed by atoms with Crippen LogP contribution in [0.5, 0.6) is 17.2 Å². The monoisotopic (exact) mass is 437 g/mol. The number of hydrogen-bond acceptors (Lipinski definition) is 4. The largest absolute Gasteiger partial charge is 0.494 e. The fraction of sp³-hybridized carbons (Fsp3) is 0.231. The maximum absolute atomic E-state index is 6.27. The minimum atomic E-state index is 0.365. The van der Waals surface area contributed by atoms with Gasteiger partial charge in [0, 0.05) is 28.4 Å². The van der Waals surface area contributed by atoms with Gasteiger partial charge in [0.25, 0.3) is 0 Å². The molecule has 0 saturated heterocycles. The summed E-state index contributed by atoms with van der Waals surface area (Å²) in [5, 5.41) is 4.12. The summed E-state index contributed by atoms with van der Waals surface area (Å²) < 4.78 is 17.3. The molecule has 0 spiro atoms. The van der Waals surface area contributed by atoms with Gasteiger partial charge in [-0.1, -0.05) is 35.9 Å². The summed E-state index contributed by atoms with van der Waals surface area (Å²) in [6, 6.07) is 19.7. The van der Waals surface area contributed by atoms with Crippen LogP contribution >= 0.6 is 11.6 Å². The smallest absolute Gasteiger partial charge is 0.165 e. The first kappa shape index (κ1) is 22.6. The van der Waals surface area contributed by atoms with Crippen molar-refractivity contribution in [2.75, 3.05) is 19.0 Å². The third-order valence-corrected chi connectivity index (χ3v) is 5.14. The van der Waals surface area contributed by atoms with Gasteiger partial charge in [-0.3, -0.25) is 0 Å². The molecule has 0 bridgehead atoms. The Hall–Kier alpha value is -3.11. The summed E-state index contributed by atoms with van der Waals surface area (Å²) in [6.07, 6.45) is 2.53. The van der Waals surface area contributed by atoms with Crippen molar-refractivity contribution in [1.29, 1.82) is 0 Å². The molecular formula is C26H28ClNO3. The highest BCUT2D eigenvalue weighted by atomic mass is 35.5. The minimum absolute atomic E-state index is 0.365. The van der Waals surface area contributed by atoms with Crippen LogP contribution in [0.3, 0.4) is 0 Å². The molecule has 0 saturated carbocycles. The first-order valence-electron chi connectivity index (χ1n) is 10.3. The molecule has 0 amide bonds. The molecule has 3 aromatic rings. The normalized spacial score (nSPS) is 10.4. The van der Waals surface area contributed by atoms with E-state index < -0.39 is 0 Å². The molecule has 0 aliphatic rings. The third-order valence-electron chi connectivity index (χ3n) is 4.77. The Labute approximate surface area is 189 Å². The van der Waals surface area contributed by atoms with Crippen molar-refractivity contribution < 1.29 is 14.2 Å². The topological polar surface area (TPSA) is 39.7 Å². The predicted octanol–water partition coefficient (Wildman–Crippen LogP) is 6.67. The van der Waals surface area contributed by atoms with E-state index in [1.165, 1.54) is 0 Å². The first-order valence-corrected chi connectivity index (χ1v) is 10.7. The molecule has 0 aliphatic heterocycles. The lowest BCUT2D eigenvalue weighted by Crippen LogP contribution is -2.05. The standard InChI is InChI=1S/C26H28ClNO3/c1-4-8-20-15-19(17-28-22-11-13-23(14-12-22)30-5-2)16-25(29-3)26(20)31-18-21-9-6-7-10-24(21)27/h4,6-7,9-16,28H,1,5,8,17-18H2,2-3H3. The average Bonchev–Trinajstić information content (AvgIpc) is 2.79. The number of allylic oxidation sites excluding steroid dienone is 1. The summed E-state index contributed by atoms with van der Waals surface area (Å²) in [6.45, 7) is 7.53. The van der Waals surface area contributed by atoms with E-state index in [9.17, 15) is 0 Å². The zero-order valence-electron chi connectivity index (χ0n) is 18.0. The second kappa shape index (κ2) is 11.3. The summed E-state index contributed by atoms with van der Waals surface area (Å²) >= 11 is 6.27. The van der Waals surface area contributed by atoms with E-state index >= 15 is 0 Å². The second-order valence-corrected chi connectivity index (χ2v) is 7.38. The highest BCUT2D eigenvalue weighted by Crippen LogP contribution is 2.35. The first-order chi connectivity index (χ1) is 15.1.